The summed E-state index contributed by atoms with van der Waals surface area (Å²) >= 11 is 0. The van der Waals surface area contributed by atoms with Crippen LogP contribution in [0.25, 0.3) is 0 Å². The number of hydrogen-bond acceptors (Lipinski definition) is 4. The van der Waals surface area contributed by atoms with Crippen molar-refractivity contribution in [2.24, 2.45) is 5.84 Å². The third kappa shape index (κ3) is 5.62. The van der Waals surface area contributed by atoms with Gasteiger partial charge in [0.25, 0.3) is 5.91 Å². The summed E-state index contributed by atoms with van der Waals surface area (Å²) < 4.78 is 1.58. The van der Waals surface area contributed by atoms with Crippen molar-refractivity contribution in [3.63, 3.8) is 0 Å². The number of aromatic nitrogens is 3. The highest BCUT2D eigenvalue weighted by Crippen LogP contribution is 2.01. The lowest BCUT2D eigenvalue weighted by Gasteiger charge is -1.99. The van der Waals surface area contributed by atoms with Crippen molar-refractivity contribution in [2.75, 3.05) is 0 Å². The lowest BCUT2D eigenvalue weighted by Crippen LogP contribution is -2.30. The molecule has 1 heterocycles. The summed E-state index contributed by atoms with van der Waals surface area (Å²) in [6, 6.07) is 9.78. The minimum absolute atomic E-state index is 0.207. The van der Waals surface area contributed by atoms with Crippen LogP contribution in [0.15, 0.2) is 36.5 Å². The molecule has 0 spiro atoms. The standard InChI is InChI=1S/C10H11N5O.2C2H6/c11-12-10(16)9-7-15(14-13-9)6-8-4-2-1-3-5-8;2*1-2/h1-5,7H,6,11H2,(H,12,16);2*1-2H3. The quantitative estimate of drug-likeness (QED) is 0.510. The number of nitrogen functional groups attached to an aromatic ring is 1. The molecule has 0 unspecified atom stereocenters. The number of carbonyl (C=O) groups is 1. The van der Waals surface area contributed by atoms with Gasteiger partial charge in [-0.05, 0) is 5.56 Å². The number of hydrogen-bond donors (Lipinski definition) is 2. The normalized spacial score (nSPS) is 8.65. The zero-order valence-electron chi connectivity index (χ0n) is 12.5. The Kier molecular flexibility index (Phi) is 9.51. The van der Waals surface area contributed by atoms with Gasteiger partial charge in [0.2, 0.25) is 0 Å². The molecular formula is C14H23N5O. The van der Waals surface area contributed by atoms with Crippen LogP contribution in [0.3, 0.4) is 0 Å². The van der Waals surface area contributed by atoms with E-state index < -0.39 is 5.91 Å². The first-order valence-electron chi connectivity index (χ1n) is 6.74. The Morgan fingerprint density at radius 3 is 2.35 bits per heavy atom. The number of hydrazine groups is 1. The van der Waals surface area contributed by atoms with Crippen molar-refractivity contribution in [1.29, 1.82) is 0 Å². The lowest BCUT2D eigenvalue weighted by molar-refractivity contribution is 0.0948. The van der Waals surface area contributed by atoms with Crippen LogP contribution < -0.4 is 11.3 Å². The summed E-state index contributed by atoms with van der Waals surface area (Å²) in [5.74, 6) is 4.54. The van der Waals surface area contributed by atoms with Crippen LogP contribution in [0.1, 0.15) is 43.7 Å². The first kappa shape index (κ1) is 17.8. The van der Waals surface area contributed by atoms with Crippen molar-refractivity contribution >= 4 is 5.91 Å². The molecule has 2 rings (SSSR count). The smallest absolute Gasteiger partial charge is 0.287 e. The molecule has 0 atom stereocenters. The fraction of sp³-hybridized carbons (Fsp3) is 0.357. The van der Waals surface area contributed by atoms with Crippen molar-refractivity contribution in [1.82, 2.24) is 20.4 Å². The molecule has 1 aromatic heterocycles. The molecule has 1 amide bonds. The highest BCUT2D eigenvalue weighted by atomic mass is 16.2. The summed E-state index contributed by atoms with van der Waals surface area (Å²) in [6.45, 7) is 8.58. The number of carbonyl (C=O) groups excluding carboxylic acids is 1. The van der Waals surface area contributed by atoms with E-state index >= 15 is 0 Å². The predicted octanol–water partition coefficient (Wildman–Crippen LogP) is 1.98. The van der Waals surface area contributed by atoms with Crippen LogP contribution in [0.2, 0.25) is 0 Å². The van der Waals surface area contributed by atoms with Gasteiger partial charge in [0.05, 0.1) is 12.7 Å². The molecule has 20 heavy (non-hydrogen) atoms. The van der Waals surface area contributed by atoms with Crippen LogP contribution >= 0.6 is 0 Å². The second kappa shape index (κ2) is 10.7. The topological polar surface area (TPSA) is 85.8 Å². The monoisotopic (exact) mass is 277 g/mol. The van der Waals surface area contributed by atoms with E-state index in [-0.39, 0.29) is 5.69 Å². The Morgan fingerprint density at radius 2 is 1.80 bits per heavy atom. The second-order valence-corrected chi connectivity index (χ2v) is 3.26. The van der Waals surface area contributed by atoms with E-state index in [4.69, 9.17) is 5.84 Å². The van der Waals surface area contributed by atoms with Crippen LogP contribution in [0.4, 0.5) is 0 Å². The summed E-state index contributed by atoms with van der Waals surface area (Å²) in [5, 5.41) is 7.53. The fourth-order valence-corrected chi connectivity index (χ4v) is 1.32. The Morgan fingerprint density at radius 1 is 1.20 bits per heavy atom. The van der Waals surface area contributed by atoms with Gasteiger partial charge in [-0.15, -0.1) is 5.10 Å². The van der Waals surface area contributed by atoms with Crippen LogP contribution in [-0.4, -0.2) is 20.9 Å². The molecule has 0 saturated heterocycles. The van der Waals surface area contributed by atoms with E-state index in [1.165, 1.54) is 0 Å². The number of benzene rings is 1. The Hall–Kier alpha value is -2.21. The molecule has 110 valence electrons. The average Bonchev–Trinajstić information content (AvgIpc) is 3.00. The largest absolute Gasteiger partial charge is 0.289 e. The van der Waals surface area contributed by atoms with E-state index in [0.717, 1.165) is 5.56 Å². The van der Waals surface area contributed by atoms with Crippen LogP contribution in [0.5, 0.6) is 0 Å². The van der Waals surface area contributed by atoms with Crippen LogP contribution in [0, 0.1) is 0 Å². The number of nitrogens with zero attached hydrogens (tertiary/aromatic N) is 3. The van der Waals surface area contributed by atoms with E-state index in [9.17, 15) is 4.79 Å². The van der Waals surface area contributed by atoms with Crippen molar-refractivity contribution in [3.05, 3.63) is 47.8 Å². The first-order valence-corrected chi connectivity index (χ1v) is 6.74. The second-order valence-electron chi connectivity index (χ2n) is 3.26. The van der Waals surface area contributed by atoms with E-state index in [2.05, 4.69) is 10.3 Å². The van der Waals surface area contributed by atoms with E-state index in [0.29, 0.717) is 6.54 Å². The van der Waals surface area contributed by atoms with E-state index in [1.807, 2.05) is 63.5 Å². The van der Waals surface area contributed by atoms with Gasteiger partial charge < -0.3 is 0 Å². The number of rotatable bonds is 3. The summed E-state index contributed by atoms with van der Waals surface area (Å²) in [5.41, 5.74) is 3.30. The molecule has 6 heteroatoms. The van der Waals surface area contributed by atoms with Crippen molar-refractivity contribution in [2.45, 2.75) is 34.2 Å². The number of nitrogens with two attached hydrogens (primary N) is 1. The maximum atomic E-state index is 11.1. The number of nitrogens with one attached hydrogen (secondary N) is 1. The first-order chi connectivity index (χ1) is 9.79. The molecule has 0 radical (unpaired) electrons. The number of amides is 1. The fourth-order valence-electron chi connectivity index (χ4n) is 1.32. The Bertz CT molecular complexity index is 481. The lowest BCUT2D eigenvalue weighted by atomic mass is 10.2. The van der Waals surface area contributed by atoms with Gasteiger partial charge in [0, 0.05) is 0 Å². The highest BCUT2D eigenvalue weighted by Gasteiger charge is 2.08. The molecule has 6 nitrogen and oxygen atoms in total. The SMILES string of the molecule is CC.CC.NNC(=O)c1cn(Cc2ccccc2)nn1. The average molecular weight is 277 g/mol. The molecule has 0 aliphatic rings. The third-order valence-corrected chi connectivity index (χ3v) is 2.09. The molecule has 1 aromatic carbocycles. The summed E-state index contributed by atoms with van der Waals surface area (Å²) in [6.07, 6.45) is 1.55. The van der Waals surface area contributed by atoms with Gasteiger partial charge in [-0.3, -0.25) is 10.2 Å². The molecule has 0 bridgehead atoms. The minimum atomic E-state index is -0.445. The van der Waals surface area contributed by atoms with E-state index in [1.54, 1.807) is 10.9 Å². The molecule has 3 N–H and O–H groups in total. The zero-order valence-corrected chi connectivity index (χ0v) is 12.5. The van der Waals surface area contributed by atoms with Gasteiger partial charge in [-0.1, -0.05) is 63.2 Å². The Balaban J connectivity index is 0.000000829. The van der Waals surface area contributed by atoms with Gasteiger partial charge in [0.1, 0.15) is 0 Å². The molecular weight excluding hydrogens is 254 g/mol. The summed E-state index contributed by atoms with van der Waals surface area (Å²) in [4.78, 5) is 11.1. The molecule has 0 aliphatic heterocycles. The van der Waals surface area contributed by atoms with Gasteiger partial charge in [-0.25, -0.2) is 10.5 Å². The van der Waals surface area contributed by atoms with Gasteiger partial charge >= 0.3 is 0 Å². The van der Waals surface area contributed by atoms with Crippen molar-refractivity contribution in [3.8, 4) is 0 Å². The zero-order chi connectivity index (χ0) is 15.4. The maximum Gasteiger partial charge on any atom is 0.287 e. The van der Waals surface area contributed by atoms with Crippen molar-refractivity contribution < 1.29 is 4.79 Å². The van der Waals surface area contributed by atoms with Crippen LogP contribution in [-0.2, 0) is 6.54 Å². The minimum Gasteiger partial charge on any atom is -0.289 e. The predicted molar refractivity (Wildman–Crippen MR) is 79.9 cm³/mol. The third-order valence-electron chi connectivity index (χ3n) is 2.09. The summed E-state index contributed by atoms with van der Waals surface area (Å²) in [7, 11) is 0. The molecule has 0 saturated carbocycles. The molecule has 0 fully saturated rings. The van der Waals surface area contributed by atoms with Gasteiger partial charge in [-0.2, -0.15) is 0 Å². The molecule has 0 aliphatic carbocycles. The maximum absolute atomic E-state index is 11.1. The Labute approximate surface area is 120 Å². The highest BCUT2D eigenvalue weighted by molar-refractivity contribution is 5.91. The molecule has 2 aromatic rings. The van der Waals surface area contributed by atoms with Gasteiger partial charge in [0.15, 0.2) is 5.69 Å².